The zero-order chi connectivity index (χ0) is 11.4. The number of benzene rings is 1. The van der Waals surface area contributed by atoms with Crippen molar-refractivity contribution in [3.63, 3.8) is 0 Å². The third-order valence-electron chi connectivity index (χ3n) is 2.05. The van der Waals surface area contributed by atoms with E-state index in [0.29, 0.717) is 17.3 Å². The second-order valence-corrected chi connectivity index (χ2v) is 3.33. The second kappa shape index (κ2) is 4.57. The number of ether oxygens (including phenoxy) is 1. The van der Waals surface area contributed by atoms with Crippen molar-refractivity contribution in [3.05, 3.63) is 54.2 Å². The van der Waals surface area contributed by atoms with E-state index in [2.05, 4.69) is 4.98 Å². The van der Waals surface area contributed by atoms with Crippen LogP contribution < -0.4 is 4.74 Å². The van der Waals surface area contributed by atoms with E-state index >= 15 is 0 Å². The number of pyridine rings is 1. The highest BCUT2D eigenvalue weighted by Gasteiger charge is 2.03. The monoisotopic (exact) mass is 213 g/mol. The van der Waals surface area contributed by atoms with Gasteiger partial charge in [-0.3, -0.25) is 4.79 Å². The molecule has 0 aliphatic rings. The van der Waals surface area contributed by atoms with Gasteiger partial charge in [0.25, 0.3) is 0 Å². The fourth-order valence-electron chi connectivity index (χ4n) is 1.28. The van der Waals surface area contributed by atoms with Crippen molar-refractivity contribution in [1.82, 2.24) is 4.98 Å². The molecule has 3 heteroatoms. The number of Topliss-reactive ketones (excluding diaryl/α,β-unsaturated/α-hetero) is 1. The molecule has 0 N–H and O–H groups in total. The maximum atomic E-state index is 11.1. The van der Waals surface area contributed by atoms with Gasteiger partial charge in [-0.2, -0.15) is 0 Å². The molecule has 0 unspecified atom stereocenters. The fraction of sp³-hybridized carbons (Fsp3) is 0.0769. The van der Waals surface area contributed by atoms with E-state index in [0.717, 1.165) is 0 Å². The van der Waals surface area contributed by atoms with Crippen LogP contribution in [-0.2, 0) is 0 Å². The zero-order valence-corrected chi connectivity index (χ0v) is 8.88. The number of ketones is 1. The number of carbonyl (C=O) groups is 1. The molecule has 1 aromatic heterocycles. The van der Waals surface area contributed by atoms with Crippen LogP contribution in [0.3, 0.4) is 0 Å². The van der Waals surface area contributed by atoms with E-state index in [1.54, 1.807) is 18.2 Å². The van der Waals surface area contributed by atoms with Crippen molar-refractivity contribution in [2.24, 2.45) is 0 Å². The summed E-state index contributed by atoms with van der Waals surface area (Å²) in [5.74, 6) is 1.06. The lowest BCUT2D eigenvalue weighted by molar-refractivity contribution is 0.101. The number of aromatic nitrogens is 1. The number of hydrogen-bond acceptors (Lipinski definition) is 3. The quantitative estimate of drug-likeness (QED) is 0.735. The molecule has 0 amide bonds. The van der Waals surface area contributed by atoms with Crippen molar-refractivity contribution in [2.75, 3.05) is 0 Å². The molecule has 0 bridgehead atoms. The van der Waals surface area contributed by atoms with Crippen molar-refractivity contribution < 1.29 is 9.53 Å². The number of nitrogens with zero attached hydrogens (tertiary/aromatic N) is 1. The van der Waals surface area contributed by atoms with Gasteiger partial charge in [-0.1, -0.05) is 24.3 Å². The van der Waals surface area contributed by atoms with Gasteiger partial charge in [0.15, 0.2) is 5.78 Å². The SMILES string of the molecule is CC(=O)c1cccc(Oc2ccccc2)n1. The minimum Gasteiger partial charge on any atom is -0.439 e. The molecule has 0 atom stereocenters. The standard InChI is InChI=1S/C13H11NO2/c1-10(15)12-8-5-9-13(14-12)16-11-6-3-2-4-7-11/h2-9H,1H3. The van der Waals surface area contributed by atoms with Crippen molar-refractivity contribution in [1.29, 1.82) is 0 Å². The summed E-state index contributed by atoms with van der Waals surface area (Å²) in [6.07, 6.45) is 0. The lowest BCUT2D eigenvalue weighted by atomic mass is 10.3. The Balaban J connectivity index is 2.22. The Morgan fingerprint density at radius 2 is 1.81 bits per heavy atom. The number of para-hydroxylation sites is 1. The molecule has 1 aromatic carbocycles. The summed E-state index contributed by atoms with van der Waals surface area (Å²) < 4.78 is 5.51. The summed E-state index contributed by atoms with van der Waals surface area (Å²) in [6, 6.07) is 14.5. The lowest BCUT2D eigenvalue weighted by Crippen LogP contribution is -1.97. The van der Waals surface area contributed by atoms with E-state index in [1.807, 2.05) is 30.3 Å². The first-order valence-electron chi connectivity index (χ1n) is 4.96. The van der Waals surface area contributed by atoms with Gasteiger partial charge in [0.1, 0.15) is 11.4 Å². The first-order valence-corrected chi connectivity index (χ1v) is 4.96. The Morgan fingerprint density at radius 1 is 1.06 bits per heavy atom. The lowest BCUT2D eigenvalue weighted by Gasteiger charge is -2.04. The normalized spacial score (nSPS) is 9.81. The predicted octanol–water partition coefficient (Wildman–Crippen LogP) is 3.08. The predicted molar refractivity (Wildman–Crippen MR) is 60.8 cm³/mol. The molecule has 2 rings (SSSR count). The Hall–Kier alpha value is -2.16. The first-order chi connectivity index (χ1) is 7.75. The van der Waals surface area contributed by atoms with Gasteiger partial charge in [-0.05, 0) is 18.2 Å². The third kappa shape index (κ3) is 2.45. The molecule has 0 fully saturated rings. The Labute approximate surface area is 93.7 Å². The molecule has 16 heavy (non-hydrogen) atoms. The highest BCUT2D eigenvalue weighted by atomic mass is 16.5. The van der Waals surface area contributed by atoms with Crippen LogP contribution in [0.1, 0.15) is 17.4 Å². The van der Waals surface area contributed by atoms with Crippen LogP contribution in [0.5, 0.6) is 11.6 Å². The largest absolute Gasteiger partial charge is 0.439 e. The average Bonchev–Trinajstić information content (AvgIpc) is 2.30. The summed E-state index contributed by atoms with van der Waals surface area (Å²) in [7, 11) is 0. The van der Waals surface area contributed by atoms with Crippen molar-refractivity contribution in [3.8, 4) is 11.6 Å². The number of hydrogen-bond donors (Lipinski definition) is 0. The van der Waals surface area contributed by atoms with E-state index in [9.17, 15) is 4.79 Å². The molecule has 1 heterocycles. The highest BCUT2D eigenvalue weighted by Crippen LogP contribution is 2.18. The maximum Gasteiger partial charge on any atom is 0.219 e. The molecular formula is C13H11NO2. The molecular weight excluding hydrogens is 202 g/mol. The molecule has 0 aliphatic carbocycles. The van der Waals surface area contributed by atoms with Crippen LogP contribution in [-0.4, -0.2) is 10.8 Å². The summed E-state index contributed by atoms with van der Waals surface area (Å²) in [5, 5.41) is 0. The average molecular weight is 213 g/mol. The van der Waals surface area contributed by atoms with Gasteiger partial charge >= 0.3 is 0 Å². The third-order valence-corrected chi connectivity index (χ3v) is 2.05. The molecule has 0 saturated heterocycles. The molecule has 0 spiro atoms. The molecule has 3 nitrogen and oxygen atoms in total. The number of rotatable bonds is 3. The summed E-state index contributed by atoms with van der Waals surface area (Å²) >= 11 is 0. The smallest absolute Gasteiger partial charge is 0.219 e. The first kappa shape index (κ1) is 10.4. The molecule has 0 aliphatic heterocycles. The van der Waals surface area contributed by atoms with Gasteiger partial charge in [-0.15, -0.1) is 0 Å². The molecule has 80 valence electrons. The Morgan fingerprint density at radius 3 is 2.50 bits per heavy atom. The molecule has 2 aromatic rings. The minimum absolute atomic E-state index is 0.0708. The van der Waals surface area contributed by atoms with Crippen LogP contribution in [0, 0.1) is 0 Å². The van der Waals surface area contributed by atoms with Gasteiger partial charge in [0.2, 0.25) is 5.88 Å². The Kier molecular flexibility index (Phi) is 2.96. The van der Waals surface area contributed by atoms with E-state index in [4.69, 9.17) is 4.74 Å². The van der Waals surface area contributed by atoms with Crippen molar-refractivity contribution >= 4 is 5.78 Å². The van der Waals surface area contributed by atoms with Crippen molar-refractivity contribution in [2.45, 2.75) is 6.92 Å². The van der Waals surface area contributed by atoms with Crippen LogP contribution in [0.25, 0.3) is 0 Å². The summed E-state index contributed by atoms with van der Waals surface area (Å²) in [5.41, 5.74) is 0.411. The van der Waals surface area contributed by atoms with Crippen LogP contribution >= 0.6 is 0 Å². The summed E-state index contributed by atoms with van der Waals surface area (Å²) in [6.45, 7) is 1.48. The maximum absolute atomic E-state index is 11.1. The van der Waals surface area contributed by atoms with Gasteiger partial charge in [0, 0.05) is 13.0 Å². The van der Waals surface area contributed by atoms with E-state index < -0.39 is 0 Å². The van der Waals surface area contributed by atoms with Crippen LogP contribution in [0.4, 0.5) is 0 Å². The topological polar surface area (TPSA) is 39.2 Å². The van der Waals surface area contributed by atoms with Crippen LogP contribution in [0.15, 0.2) is 48.5 Å². The summed E-state index contributed by atoms with van der Waals surface area (Å²) in [4.78, 5) is 15.2. The van der Waals surface area contributed by atoms with Gasteiger partial charge < -0.3 is 4.74 Å². The molecule has 0 radical (unpaired) electrons. The molecule has 0 saturated carbocycles. The van der Waals surface area contributed by atoms with E-state index in [1.165, 1.54) is 6.92 Å². The highest BCUT2D eigenvalue weighted by molar-refractivity contribution is 5.92. The second-order valence-electron chi connectivity index (χ2n) is 3.33. The van der Waals surface area contributed by atoms with E-state index in [-0.39, 0.29) is 5.78 Å². The Bertz CT molecular complexity index is 494. The van der Waals surface area contributed by atoms with Gasteiger partial charge in [-0.25, -0.2) is 4.98 Å². The number of carbonyl (C=O) groups excluding carboxylic acids is 1. The van der Waals surface area contributed by atoms with Crippen LogP contribution in [0.2, 0.25) is 0 Å². The minimum atomic E-state index is -0.0708. The van der Waals surface area contributed by atoms with Gasteiger partial charge in [0.05, 0.1) is 0 Å². The fourth-order valence-corrected chi connectivity index (χ4v) is 1.28. The zero-order valence-electron chi connectivity index (χ0n) is 8.88.